The lowest BCUT2D eigenvalue weighted by molar-refractivity contribution is 0.581. The summed E-state index contributed by atoms with van der Waals surface area (Å²) < 4.78 is 29.5. The molecule has 0 saturated carbocycles. The van der Waals surface area contributed by atoms with Gasteiger partial charge in [-0.05, 0) is 42.8 Å². The van der Waals surface area contributed by atoms with Gasteiger partial charge < -0.3 is 4.57 Å². The van der Waals surface area contributed by atoms with Gasteiger partial charge in [0.25, 0.3) is 0 Å². The predicted octanol–water partition coefficient (Wildman–Crippen LogP) is 2.84. The van der Waals surface area contributed by atoms with Gasteiger partial charge in [0.2, 0.25) is 10.0 Å². The SMILES string of the molecule is Cc1cc2cc(CNS(=O)(=O)c3ccccc3C#N)ccc2n1C. The topological polar surface area (TPSA) is 74.9 Å². The zero-order chi connectivity index (χ0) is 17.3. The maximum atomic E-state index is 12.4. The van der Waals surface area contributed by atoms with Crippen LogP contribution in [-0.2, 0) is 23.6 Å². The predicted molar refractivity (Wildman–Crippen MR) is 92.8 cm³/mol. The number of hydrogen-bond donors (Lipinski definition) is 1. The zero-order valence-electron chi connectivity index (χ0n) is 13.4. The van der Waals surface area contributed by atoms with Crippen molar-refractivity contribution >= 4 is 20.9 Å². The molecule has 3 rings (SSSR count). The highest BCUT2D eigenvalue weighted by atomic mass is 32.2. The first kappa shape index (κ1) is 16.2. The first-order valence-electron chi connectivity index (χ1n) is 7.46. The minimum Gasteiger partial charge on any atom is -0.348 e. The van der Waals surface area contributed by atoms with Crippen LogP contribution in [0, 0.1) is 18.3 Å². The van der Waals surface area contributed by atoms with Gasteiger partial charge in [-0.1, -0.05) is 18.2 Å². The number of nitrogens with zero attached hydrogens (tertiary/aromatic N) is 2. The Hall–Kier alpha value is -2.62. The molecule has 0 radical (unpaired) electrons. The van der Waals surface area contributed by atoms with E-state index in [9.17, 15) is 8.42 Å². The molecule has 0 unspecified atom stereocenters. The third kappa shape index (κ3) is 2.92. The van der Waals surface area contributed by atoms with Crippen LogP contribution in [0.4, 0.5) is 0 Å². The molecule has 0 saturated heterocycles. The van der Waals surface area contributed by atoms with Crippen molar-refractivity contribution in [3.8, 4) is 6.07 Å². The Bertz CT molecular complexity index is 1060. The van der Waals surface area contributed by atoms with E-state index >= 15 is 0 Å². The average molecular weight is 339 g/mol. The summed E-state index contributed by atoms with van der Waals surface area (Å²) in [7, 11) is -1.74. The summed E-state index contributed by atoms with van der Waals surface area (Å²) in [6.45, 7) is 2.20. The second-order valence-electron chi connectivity index (χ2n) is 5.67. The van der Waals surface area contributed by atoms with Gasteiger partial charge in [-0.3, -0.25) is 0 Å². The van der Waals surface area contributed by atoms with Crippen molar-refractivity contribution in [1.29, 1.82) is 5.26 Å². The van der Waals surface area contributed by atoms with Crippen molar-refractivity contribution in [2.75, 3.05) is 0 Å². The summed E-state index contributed by atoms with van der Waals surface area (Å²) in [5, 5.41) is 10.1. The Morgan fingerprint density at radius 1 is 1.17 bits per heavy atom. The molecule has 122 valence electrons. The molecule has 2 aromatic carbocycles. The molecule has 24 heavy (non-hydrogen) atoms. The number of fused-ring (bicyclic) bond motifs is 1. The molecule has 0 aliphatic carbocycles. The van der Waals surface area contributed by atoms with Crippen LogP contribution >= 0.6 is 0 Å². The number of benzene rings is 2. The summed E-state index contributed by atoms with van der Waals surface area (Å²) in [5.74, 6) is 0. The molecule has 5 nitrogen and oxygen atoms in total. The van der Waals surface area contributed by atoms with Gasteiger partial charge in [0, 0.05) is 30.2 Å². The Balaban J connectivity index is 1.86. The monoisotopic (exact) mass is 339 g/mol. The first-order valence-corrected chi connectivity index (χ1v) is 8.94. The van der Waals surface area contributed by atoms with Gasteiger partial charge in [-0.15, -0.1) is 0 Å². The standard InChI is InChI=1S/C18H17N3O2S/c1-13-9-16-10-14(7-8-17(16)21(13)2)12-20-24(22,23)18-6-4-3-5-15(18)11-19/h3-10,20H,12H2,1-2H3. The van der Waals surface area contributed by atoms with Crippen LogP contribution in [0.2, 0.25) is 0 Å². The van der Waals surface area contributed by atoms with Crippen molar-refractivity contribution in [1.82, 2.24) is 9.29 Å². The quantitative estimate of drug-likeness (QED) is 0.794. The zero-order valence-corrected chi connectivity index (χ0v) is 14.3. The second kappa shape index (κ2) is 6.11. The van der Waals surface area contributed by atoms with Crippen molar-refractivity contribution in [2.45, 2.75) is 18.4 Å². The molecule has 0 atom stereocenters. The van der Waals surface area contributed by atoms with Crippen LogP contribution in [-0.4, -0.2) is 13.0 Å². The molecule has 1 aromatic heterocycles. The van der Waals surface area contributed by atoms with Gasteiger partial charge in [-0.25, -0.2) is 13.1 Å². The van der Waals surface area contributed by atoms with E-state index in [1.165, 1.54) is 12.1 Å². The van der Waals surface area contributed by atoms with Crippen LogP contribution in [0.3, 0.4) is 0 Å². The molecule has 1 N–H and O–H groups in total. The molecule has 0 bridgehead atoms. The maximum Gasteiger partial charge on any atom is 0.242 e. The summed E-state index contributed by atoms with van der Waals surface area (Å²) >= 11 is 0. The fourth-order valence-corrected chi connectivity index (χ4v) is 3.87. The van der Waals surface area contributed by atoms with Crippen LogP contribution < -0.4 is 4.72 Å². The number of nitrogens with one attached hydrogen (secondary N) is 1. The summed E-state index contributed by atoms with van der Waals surface area (Å²) in [4.78, 5) is 0.00383. The lowest BCUT2D eigenvalue weighted by Crippen LogP contribution is -2.24. The molecular formula is C18H17N3O2S. The van der Waals surface area contributed by atoms with Crippen LogP contribution in [0.1, 0.15) is 16.8 Å². The van der Waals surface area contributed by atoms with E-state index < -0.39 is 10.0 Å². The number of sulfonamides is 1. The third-order valence-corrected chi connectivity index (χ3v) is 5.57. The van der Waals surface area contributed by atoms with Gasteiger partial charge in [0.05, 0.1) is 10.5 Å². The fourth-order valence-electron chi connectivity index (χ4n) is 2.70. The van der Waals surface area contributed by atoms with E-state index in [0.717, 1.165) is 22.2 Å². The van der Waals surface area contributed by atoms with E-state index in [-0.39, 0.29) is 17.0 Å². The number of aryl methyl sites for hydroxylation is 2. The molecule has 0 amide bonds. The molecule has 0 spiro atoms. The Kier molecular flexibility index (Phi) is 4.14. The van der Waals surface area contributed by atoms with Crippen molar-refractivity contribution < 1.29 is 8.42 Å². The Morgan fingerprint density at radius 3 is 2.67 bits per heavy atom. The van der Waals surface area contributed by atoms with Crippen LogP contribution in [0.5, 0.6) is 0 Å². The lowest BCUT2D eigenvalue weighted by Gasteiger charge is -2.08. The molecule has 0 fully saturated rings. The molecule has 1 heterocycles. The highest BCUT2D eigenvalue weighted by molar-refractivity contribution is 7.89. The summed E-state index contributed by atoms with van der Waals surface area (Å²) in [5.41, 5.74) is 3.25. The minimum atomic E-state index is -3.74. The number of nitriles is 1. The van der Waals surface area contributed by atoms with Gasteiger partial charge in [0.15, 0.2) is 0 Å². The molecule has 0 aliphatic rings. The summed E-state index contributed by atoms with van der Waals surface area (Å²) in [6, 6.07) is 16.0. The normalized spacial score (nSPS) is 11.5. The fraction of sp³-hybridized carbons (Fsp3) is 0.167. The lowest BCUT2D eigenvalue weighted by atomic mass is 10.1. The number of aromatic nitrogens is 1. The highest BCUT2D eigenvalue weighted by Gasteiger charge is 2.17. The first-order chi connectivity index (χ1) is 11.4. The number of hydrogen-bond acceptors (Lipinski definition) is 3. The van der Waals surface area contributed by atoms with Crippen molar-refractivity contribution in [3.63, 3.8) is 0 Å². The van der Waals surface area contributed by atoms with Gasteiger partial charge in [-0.2, -0.15) is 5.26 Å². The minimum absolute atomic E-state index is 0.00383. The van der Waals surface area contributed by atoms with E-state index in [2.05, 4.69) is 15.4 Å². The van der Waals surface area contributed by atoms with Crippen molar-refractivity contribution in [3.05, 3.63) is 65.4 Å². The number of rotatable bonds is 4. The van der Waals surface area contributed by atoms with Gasteiger partial charge >= 0.3 is 0 Å². The van der Waals surface area contributed by atoms with E-state index in [0.29, 0.717) is 0 Å². The van der Waals surface area contributed by atoms with E-state index in [4.69, 9.17) is 5.26 Å². The van der Waals surface area contributed by atoms with Gasteiger partial charge in [0.1, 0.15) is 6.07 Å². The van der Waals surface area contributed by atoms with Crippen LogP contribution in [0.15, 0.2) is 53.4 Å². The smallest absolute Gasteiger partial charge is 0.242 e. The average Bonchev–Trinajstić information content (AvgIpc) is 2.87. The highest BCUT2D eigenvalue weighted by Crippen LogP contribution is 2.20. The second-order valence-corrected chi connectivity index (χ2v) is 7.41. The largest absolute Gasteiger partial charge is 0.348 e. The molecule has 3 aromatic rings. The molecule has 0 aliphatic heterocycles. The third-order valence-electron chi connectivity index (χ3n) is 4.11. The summed E-state index contributed by atoms with van der Waals surface area (Å²) in [6.07, 6.45) is 0. The van der Waals surface area contributed by atoms with Crippen molar-refractivity contribution in [2.24, 2.45) is 7.05 Å². The maximum absolute atomic E-state index is 12.4. The van der Waals surface area contributed by atoms with Crippen LogP contribution in [0.25, 0.3) is 10.9 Å². The Morgan fingerprint density at radius 2 is 1.92 bits per heavy atom. The molecular weight excluding hydrogens is 322 g/mol. The Labute approximate surface area is 141 Å². The molecule has 6 heteroatoms. The van der Waals surface area contributed by atoms with E-state index in [1.807, 2.05) is 38.2 Å². The van der Waals surface area contributed by atoms with E-state index in [1.54, 1.807) is 12.1 Å².